The highest BCUT2D eigenvalue weighted by Crippen LogP contribution is 2.42. The minimum absolute atomic E-state index is 0.0107. The third kappa shape index (κ3) is 20.6. The molecule has 0 spiro atoms. The smallest absolute Gasteiger partial charge is 0.315 e. The van der Waals surface area contributed by atoms with Gasteiger partial charge in [0.2, 0.25) is 29.4 Å². The molecule has 0 bridgehead atoms. The van der Waals surface area contributed by atoms with Gasteiger partial charge in [-0.1, -0.05) is 107 Å². The van der Waals surface area contributed by atoms with Gasteiger partial charge < -0.3 is 76.4 Å². The number of nitrogens with zero attached hydrogens (tertiary/aromatic N) is 2. The average molecular weight is 1450 g/mol. The number of carbonyl (C=O) groups is 9. The third-order valence-electron chi connectivity index (χ3n) is 20.4. The van der Waals surface area contributed by atoms with Crippen LogP contribution in [-0.2, 0) is 72.2 Å². The van der Waals surface area contributed by atoms with E-state index in [2.05, 4.69) is 42.5 Å². The molecule has 0 aromatic heterocycles. The van der Waals surface area contributed by atoms with Gasteiger partial charge in [0.15, 0.2) is 37.4 Å². The maximum absolute atomic E-state index is 14.5. The standard InChI is InChI=1S/C35H61N5O9S.C35H59N5O9S/c2*1-10-14-22(25(41)29(43)36-21-15-16-21)37-28(42)24-26-23(48-34(8,9)49-26)19-40(24)30(44)27(32(2,3)4)38-31(45)39-35(17-12-11-13-18-35)20-50(46,47)33(5,6)7/h21-27,41H,10-20H2,1-9H3,(H,36,43)(H,37,42)(H2,38,39,45);21-24,26-27H,10-20H2,1-9H3,(H,36,43)(H,37,42)(H2,38,39,45)/t22-,23-,24-,25?,26-,27+;22-,23-,24-,26-,27+/m00/s1. The Hall–Kier alpha value is -5.27. The van der Waals surface area contributed by atoms with Gasteiger partial charge in [-0.2, -0.15) is 0 Å². The minimum Gasteiger partial charge on any atom is -0.381 e. The molecule has 9 N–H and O–H groups in total. The van der Waals surface area contributed by atoms with Crippen molar-refractivity contribution in [3.05, 3.63) is 0 Å². The van der Waals surface area contributed by atoms with Crippen LogP contribution >= 0.6 is 0 Å². The van der Waals surface area contributed by atoms with Gasteiger partial charge in [0.05, 0.1) is 57.3 Å². The molecule has 8 fully saturated rings. The molecule has 570 valence electrons. The fourth-order valence-corrected chi connectivity index (χ4v) is 17.3. The van der Waals surface area contributed by atoms with Crippen LogP contribution in [0.25, 0.3) is 0 Å². The summed E-state index contributed by atoms with van der Waals surface area (Å²) in [5.41, 5.74) is -3.64. The normalized spacial score (nSPS) is 26.3. The van der Waals surface area contributed by atoms with Gasteiger partial charge in [0.25, 0.3) is 11.8 Å². The highest BCUT2D eigenvalue weighted by Gasteiger charge is 2.60. The third-order valence-corrected chi connectivity index (χ3v) is 26.0. The molecule has 100 heavy (non-hydrogen) atoms. The Bertz CT molecular complexity index is 3230. The average Bonchev–Trinajstić information content (AvgIpc) is 1.58. The second-order valence-corrected chi connectivity index (χ2v) is 39.9. The van der Waals surface area contributed by atoms with E-state index >= 15 is 0 Å². The Kier molecular flexibility index (Phi) is 25.6. The van der Waals surface area contributed by atoms with E-state index in [1.54, 1.807) is 111 Å². The topological polar surface area (TPSA) is 382 Å². The fourth-order valence-electron chi connectivity index (χ4n) is 14.3. The first-order valence-electron chi connectivity index (χ1n) is 36.4. The van der Waals surface area contributed by atoms with Gasteiger partial charge in [-0.25, -0.2) is 26.4 Å². The molecule has 0 aromatic rings. The molecule has 4 saturated carbocycles. The predicted molar refractivity (Wildman–Crippen MR) is 374 cm³/mol. The van der Waals surface area contributed by atoms with Crippen molar-refractivity contribution in [2.24, 2.45) is 10.8 Å². The largest absolute Gasteiger partial charge is 0.381 e. The first-order valence-corrected chi connectivity index (χ1v) is 39.7. The Morgan fingerprint density at radius 1 is 0.510 bits per heavy atom. The van der Waals surface area contributed by atoms with E-state index in [4.69, 9.17) is 18.9 Å². The van der Waals surface area contributed by atoms with Crippen LogP contribution in [0.2, 0.25) is 0 Å². The molecular formula is C70H120N10O18S2. The van der Waals surface area contributed by atoms with Crippen LogP contribution in [0.15, 0.2) is 0 Å². The van der Waals surface area contributed by atoms with Crippen LogP contribution in [0.4, 0.5) is 9.59 Å². The van der Waals surface area contributed by atoms with Crippen LogP contribution in [0.3, 0.4) is 0 Å². The number of ether oxygens (including phenoxy) is 4. The van der Waals surface area contributed by atoms with Crippen LogP contribution in [-0.4, -0.2) is 221 Å². The van der Waals surface area contributed by atoms with Crippen molar-refractivity contribution in [2.45, 2.75) is 351 Å². The number of urea groups is 2. The second kappa shape index (κ2) is 31.2. The van der Waals surface area contributed by atoms with Gasteiger partial charge in [-0.05, 0) is 144 Å². The molecular weight excluding hydrogens is 1330 g/mol. The lowest BCUT2D eigenvalue weighted by molar-refractivity contribution is -0.171. The van der Waals surface area contributed by atoms with E-state index in [-0.39, 0.29) is 43.1 Å². The zero-order valence-electron chi connectivity index (χ0n) is 62.7. The number of hydrogen-bond acceptors (Lipinski definition) is 18. The molecule has 4 saturated heterocycles. The van der Waals surface area contributed by atoms with Crippen LogP contribution < -0.4 is 42.5 Å². The van der Waals surface area contributed by atoms with Crippen molar-refractivity contribution in [3.8, 4) is 0 Å². The summed E-state index contributed by atoms with van der Waals surface area (Å²) in [7, 11) is -7.18. The van der Waals surface area contributed by atoms with Crippen molar-refractivity contribution in [1.29, 1.82) is 0 Å². The molecule has 11 atom stereocenters. The van der Waals surface area contributed by atoms with Crippen molar-refractivity contribution < 1.29 is 84.0 Å². The molecule has 1 unspecified atom stereocenters. The number of Topliss-reactive ketones (excluding diaryl/α,β-unsaturated/α-hetero) is 1. The summed E-state index contributed by atoms with van der Waals surface area (Å²) in [4.78, 5) is 126. The Balaban J connectivity index is 0.000000281. The van der Waals surface area contributed by atoms with Crippen LogP contribution in [0, 0.1) is 10.8 Å². The fraction of sp³-hybridized carbons (Fsp3) is 0.871. The molecule has 8 rings (SSSR count). The molecule has 8 aliphatic rings. The summed E-state index contributed by atoms with van der Waals surface area (Å²) in [6, 6.07) is -8.00. The van der Waals surface area contributed by atoms with E-state index < -0.39 is 183 Å². The first-order chi connectivity index (χ1) is 46.0. The highest BCUT2D eigenvalue weighted by atomic mass is 32.2. The van der Waals surface area contributed by atoms with Gasteiger partial charge in [-0.15, -0.1) is 0 Å². The minimum atomic E-state index is -3.59. The monoisotopic (exact) mass is 1450 g/mol. The maximum Gasteiger partial charge on any atom is 0.315 e. The Morgan fingerprint density at radius 3 is 1.23 bits per heavy atom. The number of likely N-dealkylation sites (tertiary alicyclic amines) is 2. The summed E-state index contributed by atoms with van der Waals surface area (Å²) < 4.78 is 75.7. The number of ketones is 1. The van der Waals surface area contributed by atoms with Crippen LogP contribution in [0.5, 0.6) is 0 Å². The molecule has 4 aliphatic heterocycles. The number of amides is 10. The maximum atomic E-state index is 14.5. The lowest BCUT2D eigenvalue weighted by Gasteiger charge is -2.41. The second-order valence-electron chi connectivity index (χ2n) is 34.5. The van der Waals surface area contributed by atoms with Crippen molar-refractivity contribution in [1.82, 2.24) is 52.3 Å². The Morgan fingerprint density at radius 2 is 0.880 bits per heavy atom. The number of rotatable bonds is 24. The molecule has 0 radical (unpaired) electrons. The lowest BCUT2D eigenvalue weighted by atomic mass is 9.83. The molecule has 30 heteroatoms. The van der Waals surface area contributed by atoms with Crippen LogP contribution in [0.1, 0.15) is 240 Å². The number of carbonyl (C=O) groups excluding carboxylic acids is 9. The summed E-state index contributed by atoms with van der Waals surface area (Å²) in [6.45, 7) is 31.2. The van der Waals surface area contributed by atoms with Crippen molar-refractivity contribution in [2.75, 3.05) is 24.6 Å². The number of nitrogens with one attached hydrogen (secondary N) is 8. The van der Waals surface area contributed by atoms with E-state index in [1.165, 1.54) is 9.80 Å². The van der Waals surface area contributed by atoms with Gasteiger partial charge in [-0.3, -0.25) is 33.6 Å². The number of aliphatic hydroxyl groups is 1. The lowest BCUT2D eigenvalue weighted by Crippen LogP contribution is -2.64. The van der Waals surface area contributed by atoms with Crippen molar-refractivity contribution >= 4 is 73.0 Å². The molecule has 0 aromatic carbocycles. The van der Waals surface area contributed by atoms with E-state index in [9.17, 15) is 65.1 Å². The van der Waals surface area contributed by atoms with E-state index in [0.29, 0.717) is 44.9 Å². The van der Waals surface area contributed by atoms with Gasteiger partial charge in [0, 0.05) is 12.1 Å². The number of hydrogen-bond donors (Lipinski definition) is 9. The first kappa shape index (κ1) is 82.0. The number of aliphatic hydroxyl groups excluding tert-OH is 1. The molecule has 28 nitrogen and oxygen atoms in total. The van der Waals surface area contributed by atoms with Gasteiger partial charge in [0.1, 0.15) is 48.6 Å². The zero-order chi connectivity index (χ0) is 74.9. The van der Waals surface area contributed by atoms with E-state index in [1.807, 2.05) is 13.8 Å². The Labute approximate surface area is 593 Å². The molecule has 10 amide bonds. The molecule has 4 heterocycles. The quantitative estimate of drug-likeness (QED) is 0.0589. The summed E-state index contributed by atoms with van der Waals surface area (Å²) >= 11 is 0. The number of sulfone groups is 2. The summed E-state index contributed by atoms with van der Waals surface area (Å²) in [5.74, 6) is -6.90. The van der Waals surface area contributed by atoms with Gasteiger partial charge >= 0.3 is 12.1 Å². The zero-order valence-corrected chi connectivity index (χ0v) is 64.3. The SMILES string of the molecule is CCC[C@H](NC(=O)[C@@H]1[C@H]2OC(C)(C)O[C@H]2CN1C(=O)[C@@H](NC(=O)NC1(CS(=O)(=O)C(C)(C)C)CCCCC1)C(C)(C)C)C(=O)C(=O)NC1CC1.CCC[C@H](NC(=O)[C@@H]1[C@H]2OC(C)(C)O[C@H]2CN1C(=O)[C@@H](NC(=O)NC1(CS(=O)(=O)C(C)(C)C)CCCCC1)C(C)(C)C)C(O)C(=O)NC1CC1. The summed E-state index contributed by atoms with van der Waals surface area (Å²) in [5, 5.41) is 33.6. The van der Waals surface area contributed by atoms with Crippen molar-refractivity contribution in [3.63, 3.8) is 0 Å². The highest BCUT2D eigenvalue weighted by molar-refractivity contribution is 7.93. The summed E-state index contributed by atoms with van der Waals surface area (Å²) in [6.07, 6.45) is 7.33. The molecule has 4 aliphatic carbocycles. The number of fused-ring (bicyclic) bond motifs is 2. The van der Waals surface area contributed by atoms with E-state index in [0.717, 1.165) is 64.2 Å². The predicted octanol–water partition coefficient (Wildman–Crippen LogP) is 4.75.